The van der Waals surface area contributed by atoms with Gasteiger partial charge in [0.05, 0.1) is 12.1 Å². The number of aliphatic carboxylic acids is 1. The van der Waals surface area contributed by atoms with Gasteiger partial charge in [-0.05, 0) is 23.8 Å². The first-order chi connectivity index (χ1) is 10.4. The Bertz CT molecular complexity index is 739. The minimum absolute atomic E-state index is 0.0701. The number of benzene rings is 1. The van der Waals surface area contributed by atoms with Gasteiger partial charge in [-0.1, -0.05) is 17.7 Å². The van der Waals surface area contributed by atoms with E-state index in [2.05, 4.69) is 4.98 Å². The molecule has 1 aliphatic rings. The van der Waals surface area contributed by atoms with E-state index in [1.165, 1.54) is 4.90 Å². The molecule has 1 aromatic heterocycles. The van der Waals surface area contributed by atoms with Crippen LogP contribution in [0, 0.1) is 0 Å². The Kier molecular flexibility index (Phi) is 3.74. The predicted octanol–water partition coefficient (Wildman–Crippen LogP) is 3.18. The van der Waals surface area contributed by atoms with Gasteiger partial charge in [-0.15, -0.1) is 0 Å². The molecule has 116 valence electrons. The first kappa shape index (κ1) is 15.1. The third-order valence-electron chi connectivity index (χ3n) is 3.77. The number of rotatable bonds is 3. The summed E-state index contributed by atoms with van der Waals surface area (Å²) in [7, 11) is 0. The topological polar surface area (TPSA) is 53.4 Å². The van der Waals surface area contributed by atoms with Crippen molar-refractivity contribution in [2.75, 3.05) is 6.54 Å². The molecule has 7 heteroatoms. The van der Waals surface area contributed by atoms with Gasteiger partial charge >= 0.3 is 5.97 Å². The number of nitrogens with zero attached hydrogens (tertiary/aromatic N) is 2. The summed E-state index contributed by atoms with van der Waals surface area (Å²) in [5.41, 5.74) is 1.29. The SMILES string of the molecule is O=C(O)[C@H]1CC(F)(F)CN1Cc1cc(Cl)cc2cccnc12. The summed E-state index contributed by atoms with van der Waals surface area (Å²) in [5.74, 6) is -4.23. The first-order valence-corrected chi connectivity index (χ1v) is 7.11. The van der Waals surface area contributed by atoms with Crippen molar-refractivity contribution in [2.45, 2.75) is 24.9 Å². The molecule has 1 atom stereocenters. The second-order valence-corrected chi connectivity index (χ2v) is 5.90. The number of carbonyl (C=O) groups is 1. The van der Waals surface area contributed by atoms with Gasteiger partial charge in [-0.2, -0.15) is 0 Å². The lowest BCUT2D eigenvalue weighted by Crippen LogP contribution is -2.35. The fourth-order valence-electron chi connectivity index (χ4n) is 2.86. The number of likely N-dealkylation sites (tertiary alicyclic amines) is 1. The lowest BCUT2D eigenvalue weighted by atomic mass is 10.1. The molecule has 1 saturated heterocycles. The van der Waals surface area contributed by atoms with Gasteiger partial charge in [0, 0.05) is 29.6 Å². The summed E-state index contributed by atoms with van der Waals surface area (Å²) >= 11 is 6.05. The molecule has 1 aromatic carbocycles. The standard InChI is InChI=1S/C15H13ClF2N2O2/c16-11-4-9-2-1-3-19-13(9)10(5-11)7-20-8-15(17,18)6-12(20)14(21)22/h1-5,12H,6-8H2,(H,21,22)/t12-/m1/s1. The van der Waals surface area contributed by atoms with Crippen molar-refractivity contribution in [3.63, 3.8) is 0 Å². The van der Waals surface area contributed by atoms with Gasteiger partial charge in [-0.25, -0.2) is 8.78 Å². The summed E-state index contributed by atoms with van der Waals surface area (Å²) in [5, 5.41) is 10.4. The zero-order valence-electron chi connectivity index (χ0n) is 11.5. The van der Waals surface area contributed by atoms with Gasteiger partial charge in [-0.3, -0.25) is 14.7 Å². The van der Waals surface area contributed by atoms with Gasteiger partial charge in [0.2, 0.25) is 0 Å². The molecule has 0 saturated carbocycles. The summed E-state index contributed by atoms with van der Waals surface area (Å²) < 4.78 is 27.1. The molecule has 3 rings (SSSR count). The molecule has 0 aliphatic carbocycles. The molecular weight excluding hydrogens is 314 g/mol. The van der Waals surface area contributed by atoms with E-state index < -0.39 is 30.9 Å². The highest BCUT2D eigenvalue weighted by atomic mass is 35.5. The number of alkyl halides is 2. The lowest BCUT2D eigenvalue weighted by molar-refractivity contribution is -0.142. The lowest BCUT2D eigenvalue weighted by Gasteiger charge is -2.21. The summed E-state index contributed by atoms with van der Waals surface area (Å²) in [4.78, 5) is 16.7. The highest BCUT2D eigenvalue weighted by Gasteiger charge is 2.48. The highest BCUT2D eigenvalue weighted by Crippen LogP contribution is 2.34. The molecule has 1 aliphatic heterocycles. The van der Waals surface area contributed by atoms with Crippen molar-refractivity contribution in [2.24, 2.45) is 0 Å². The van der Waals surface area contributed by atoms with Crippen molar-refractivity contribution in [3.8, 4) is 0 Å². The average molecular weight is 327 g/mol. The fraction of sp³-hybridized carbons (Fsp3) is 0.333. The number of halogens is 3. The molecule has 2 heterocycles. The number of hydrogen-bond donors (Lipinski definition) is 1. The monoisotopic (exact) mass is 326 g/mol. The molecule has 0 unspecified atom stereocenters. The van der Waals surface area contributed by atoms with Crippen molar-refractivity contribution < 1.29 is 18.7 Å². The number of carboxylic acids is 1. The highest BCUT2D eigenvalue weighted by molar-refractivity contribution is 6.31. The predicted molar refractivity (Wildman–Crippen MR) is 78.2 cm³/mol. The quantitative estimate of drug-likeness (QED) is 0.941. The summed E-state index contributed by atoms with van der Waals surface area (Å²) in [6.07, 6.45) is 0.932. The van der Waals surface area contributed by atoms with Crippen molar-refractivity contribution in [1.82, 2.24) is 9.88 Å². The van der Waals surface area contributed by atoms with Crippen LogP contribution in [-0.4, -0.2) is 39.5 Å². The first-order valence-electron chi connectivity index (χ1n) is 6.73. The van der Waals surface area contributed by atoms with Crippen LogP contribution in [0.5, 0.6) is 0 Å². The molecule has 22 heavy (non-hydrogen) atoms. The molecular formula is C15H13ClF2N2O2. The molecule has 0 spiro atoms. The fourth-order valence-corrected chi connectivity index (χ4v) is 3.11. The van der Waals surface area contributed by atoms with E-state index >= 15 is 0 Å². The smallest absolute Gasteiger partial charge is 0.321 e. The molecule has 0 amide bonds. The van der Waals surface area contributed by atoms with Gasteiger partial charge in [0.25, 0.3) is 5.92 Å². The van der Waals surface area contributed by atoms with Crippen molar-refractivity contribution in [3.05, 3.63) is 41.0 Å². The third kappa shape index (κ3) is 2.89. The van der Waals surface area contributed by atoms with Crippen molar-refractivity contribution >= 4 is 28.5 Å². The van der Waals surface area contributed by atoms with Crippen LogP contribution in [-0.2, 0) is 11.3 Å². The van der Waals surface area contributed by atoms with Crippen LogP contribution >= 0.6 is 11.6 Å². The van der Waals surface area contributed by atoms with Crippen LogP contribution in [0.4, 0.5) is 8.78 Å². The number of fused-ring (bicyclic) bond motifs is 1. The Balaban J connectivity index is 1.97. The molecule has 0 bridgehead atoms. The number of hydrogen-bond acceptors (Lipinski definition) is 3. The third-order valence-corrected chi connectivity index (χ3v) is 3.99. The molecule has 1 fully saturated rings. The van der Waals surface area contributed by atoms with E-state index in [-0.39, 0.29) is 6.54 Å². The van der Waals surface area contributed by atoms with Gasteiger partial charge < -0.3 is 5.11 Å². The van der Waals surface area contributed by atoms with E-state index in [0.717, 1.165) is 5.39 Å². The maximum Gasteiger partial charge on any atom is 0.321 e. The molecule has 1 N–H and O–H groups in total. The largest absolute Gasteiger partial charge is 0.480 e. The number of pyridine rings is 1. The van der Waals surface area contributed by atoms with E-state index in [9.17, 15) is 13.6 Å². The number of aromatic nitrogens is 1. The average Bonchev–Trinajstić information content (AvgIpc) is 2.74. The Morgan fingerprint density at radius 2 is 2.27 bits per heavy atom. The maximum atomic E-state index is 13.6. The van der Waals surface area contributed by atoms with Crippen LogP contribution in [0.2, 0.25) is 5.02 Å². The van der Waals surface area contributed by atoms with E-state index in [4.69, 9.17) is 16.7 Å². The Hall–Kier alpha value is -1.79. The second kappa shape index (κ2) is 5.44. The zero-order valence-corrected chi connectivity index (χ0v) is 12.2. The Morgan fingerprint density at radius 1 is 1.50 bits per heavy atom. The van der Waals surface area contributed by atoms with Crippen molar-refractivity contribution in [1.29, 1.82) is 0 Å². The normalized spacial score (nSPS) is 21.3. The van der Waals surface area contributed by atoms with Crippen LogP contribution in [0.3, 0.4) is 0 Å². The van der Waals surface area contributed by atoms with Crippen LogP contribution in [0.1, 0.15) is 12.0 Å². The molecule has 4 nitrogen and oxygen atoms in total. The molecule has 0 radical (unpaired) electrons. The van der Waals surface area contributed by atoms with E-state index in [1.54, 1.807) is 24.4 Å². The Morgan fingerprint density at radius 3 is 3.00 bits per heavy atom. The van der Waals surface area contributed by atoms with Gasteiger partial charge in [0.15, 0.2) is 0 Å². The number of carboxylic acid groups (broad SMARTS) is 1. The van der Waals surface area contributed by atoms with Crippen LogP contribution < -0.4 is 0 Å². The minimum atomic E-state index is -3.00. The van der Waals surface area contributed by atoms with E-state index in [1.807, 2.05) is 6.07 Å². The summed E-state index contributed by atoms with van der Waals surface area (Å²) in [6.45, 7) is -0.508. The minimum Gasteiger partial charge on any atom is -0.480 e. The zero-order chi connectivity index (χ0) is 15.9. The van der Waals surface area contributed by atoms with Crippen LogP contribution in [0.15, 0.2) is 30.5 Å². The second-order valence-electron chi connectivity index (χ2n) is 5.46. The van der Waals surface area contributed by atoms with Gasteiger partial charge in [0.1, 0.15) is 6.04 Å². The summed E-state index contributed by atoms with van der Waals surface area (Å²) in [6, 6.07) is 5.76. The Labute approximate surface area is 130 Å². The molecule has 2 aromatic rings. The van der Waals surface area contributed by atoms with E-state index in [0.29, 0.717) is 16.1 Å². The maximum absolute atomic E-state index is 13.6. The van der Waals surface area contributed by atoms with Crippen LogP contribution in [0.25, 0.3) is 10.9 Å².